The Kier molecular flexibility index (Phi) is 4.27. The minimum Gasteiger partial charge on any atom is -0.497 e. The van der Waals surface area contributed by atoms with Crippen molar-refractivity contribution in [2.75, 3.05) is 7.11 Å². The van der Waals surface area contributed by atoms with Gasteiger partial charge in [0.15, 0.2) is 0 Å². The summed E-state index contributed by atoms with van der Waals surface area (Å²) in [5, 5.41) is 19.8. The quantitative estimate of drug-likeness (QED) is 0.908. The monoisotopic (exact) mass is 292 g/mol. The van der Waals surface area contributed by atoms with Crippen molar-refractivity contribution in [1.82, 2.24) is 0 Å². The summed E-state index contributed by atoms with van der Waals surface area (Å²) in [5.41, 5.74) is 0.778. The highest BCUT2D eigenvalue weighted by molar-refractivity contribution is 6.31. The number of aromatic carboxylic acids is 1. The van der Waals surface area contributed by atoms with Crippen LogP contribution in [0.3, 0.4) is 0 Å². The molecule has 20 heavy (non-hydrogen) atoms. The van der Waals surface area contributed by atoms with Gasteiger partial charge in [0, 0.05) is 5.56 Å². The third kappa shape index (κ3) is 2.76. The molecular formula is C15H13ClO4. The summed E-state index contributed by atoms with van der Waals surface area (Å²) >= 11 is 6.10. The molecule has 0 heterocycles. The lowest BCUT2D eigenvalue weighted by Crippen LogP contribution is -2.08. The van der Waals surface area contributed by atoms with E-state index in [4.69, 9.17) is 21.4 Å². The summed E-state index contributed by atoms with van der Waals surface area (Å²) in [4.78, 5) is 11.2. The Hall–Kier alpha value is -2.04. The van der Waals surface area contributed by atoms with E-state index in [2.05, 4.69) is 0 Å². The lowest BCUT2D eigenvalue weighted by atomic mass is 9.96. The molecule has 0 aromatic heterocycles. The highest BCUT2D eigenvalue weighted by atomic mass is 35.5. The zero-order chi connectivity index (χ0) is 14.7. The molecule has 2 rings (SSSR count). The van der Waals surface area contributed by atoms with Crippen LogP contribution in [0.1, 0.15) is 27.6 Å². The van der Waals surface area contributed by atoms with Crippen LogP contribution in [-0.4, -0.2) is 23.3 Å². The Balaban J connectivity index is 2.46. The van der Waals surface area contributed by atoms with Crippen molar-refractivity contribution in [1.29, 1.82) is 0 Å². The van der Waals surface area contributed by atoms with Gasteiger partial charge in [-0.3, -0.25) is 0 Å². The second kappa shape index (κ2) is 5.94. The predicted octanol–water partition coefficient (Wildman–Crippen LogP) is 3.13. The van der Waals surface area contributed by atoms with Crippen molar-refractivity contribution in [3.63, 3.8) is 0 Å². The first-order valence-electron chi connectivity index (χ1n) is 5.88. The van der Waals surface area contributed by atoms with Gasteiger partial charge in [-0.15, -0.1) is 0 Å². The smallest absolute Gasteiger partial charge is 0.336 e. The van der Waals surface area contributed by atoms with Crippen LogP contribution in [-0.2, 0) is 0 Å². The zero-order valence-corrected chi connectivity index (χ0v) is 11.5. The lowest BCUT2D eigenvalue weighted by molar-refractivity contribution is 0.0691. The van der Waals surface area contributed by atoms with E-state index in [1.165, 1.54) is 13.2 Å². The molecule has 5 heteroatoms. The van der Waals surface area contributed by atoms with Crippen molar-refractivity contribution in [3.05, 3.63) is 64.2 Å². The number of rotatable bonds is 4. The fraction of sp³-hybridized carbons (Fsp3) is 0.133. The summed E-state index contributed by atoms with van der Waals surface area (Å²) in [6.07, 6.45) is -1.11. The molecule has 0 spiro atoms. The summed E-state index contributed by atoms with van der Waals surface area (Å²) < 4.78 is 5.04. The molecule has 1 unspecified atom stereocenters. The van der Waals surface area contributed by atoms with E-state index in [9.17, 15) is 9.90 Å². The minimum absolute atomic E-state index is 0.0480. The Labute approximate surface area is 121 Å². The fourth-order valence-electron chi connectivity index (χ4n) is 1.95. The third-order valence-electron chi connectivity index (χ3n) is 2.99. The maximum absolute atomic E-state index is 11.2. The number of aliphatic hydroxyl groups excluding tert-OH is 1. The first-order chi connectivity index (χ1) is 9.54. The number of methoxy groups -OCH3 is 1. The molecule has 2 aromatic carbocycles. The minimum atomic E-state index is -1.11. The number of ether oxygens (including phenoxy) is 1. The van der Waals surface area contributed by atoms with Gasteiger partial charge in [-0.05, 0) is 23.8 Å². The number of carbonyl (C=O) groups is 1. The van der Waals surface area contributed by atoms with Crippen molar-refractivity contribution in [2.24, 2.45) is 0 Å². The van der Waals surface area contributed by atoms with Gasteiger partial charge in [0.25, 0.3) is 0 Å². The molecule has 0 radical (unpaired) electrons. The standard InChI is InChI=1S/C15H13ClO4/c1-20-9-6-7-12(13(16)8-9)14(17)10-4-2-3-5-11(10)15(18)19/h2-8,14,17H,1H3,(H,18,19). The highest BCUT2D eigenvalue weighted by Gasteiger charge is 2.20. The van der Waals surface area contributed by atoms with Gasteiger partial charge >= 0.3 is 5.97 Å². The molecule has 0 aliphatic heterocycles. The molecule has 1 atom stereocenters. The van der Waals surface area contributed by atoms with Gasteiger partial charge < -0.3 is 14.9 Å². The van der Waals surface area contributed by atoms with Gasteiger partial charge in [0.05, 0.1) is 17.7 Å². The maximum Gasteiger partial charge on any atom is 0.336 e. The normalized spacial score (nSPS) is 11.9. The van der Waals surface area contributed by atoms with E-state index in [0.717, 1.165) is 0 Å². The zero-order valence-electron chi connectivity index (χ0n) is 10.7. The number of hydrogen-bond donors (Lipinski definition) is 2. The SMILES string of the molecule is COc1ccc(C(O)c2ccccc2C(=O)O)c(Cl)c1. The van der Waals surface area contributed by atoms with Gasteiger partial charge in [-0.1, -0.05) is 35.9 Å². The molecule has 0 fully saturated rings. The molecular weight excluding hydrogens is 280 g/mol. The van der Waals surface area contributed by atoms with Gasteiger partial charge in [0.2, 0.25) is 0 Å². The Bertz CT molecular complexity index is 640. The summed E-state index contributed by atoms with van der Waals surface area (Å²) in [7, 11) is 1.52. The predicted molar refractivity (Wildman–Crippen MR) is 75.5 cm³/mol. The summed E-state index contributed by atoms with van der Waals surface area (Å²) in [6.45, 7) is 0. The number of hydrogen-bond acceptors (Lipinski definition) is 3. The number of halogens is 1. The Morgan fingerprint density at radius 1 is 1.20 bits per heavy atom. The fourth-order valence-corrected chi connectivity index (χ4v) is 2.23. The molecule has 0 amide bonds. The lowest BCUT2D eigenvalue weighted by Gasteiger charge is -2.16. The van der Waals surface area contributed by atoms with Crippen molar-refractivity contribution >= 4 is 17.6 Å². The van der Waals surface area contributed by atoms with Gasteiger partial charge in [-0.25, -0.2) is 4.79 Å². The molecule has 0 aliphatic carbocycles. The Morgan fingerprint density at radius 3 is 2.50 bits per heavy atom. The largest absolute Gasteiger partial charge is 0.497 e. The van der Waals surface area contributed by atoms with Crippen LogP contribution in [0.25, 0.3) is 0 Å². The molecule has 0 saturated carbocycles. The molecule has 2 N–H and O–H groups in total. The van der Waals surface area contributed by atoms with E-state index in [1.54, 1.807) is 36.4 Å². The second-order valence-corrected chi connectivity index (χ2v) is 4.59. The van der Waals surface area contributed by atoms with Gasteiger partial charge in [-0.2, -0.15) is 0 Å². The maximum atomic E-state index is 11.2. The van der Waals surface area contributed by atoms with Crippen molar-refractivity contribution in [2.45, 2.75) is 6.10 Å². The Morgan fingerprint density at radius 2 is 1.90 bits per heavy atom. The van der Waals surface area contributed by atoms with Crippen LogP contribution in [0.5, 0.6) is 5.75 Å². The van der Waals surface area contributed by atoms with Crippen molar-refractivity contribution < 1.29 is 19.7 Å². The van der Waals surface area contributed by atoms with Crippen LogP contribution in [0.4, 0.5) is 0 Å². The number of benzene rings is 2. The first-order valence-corrected chi connectivity index (χ1v) is 6.26. The number of aliphatic hydroxyl groups is 1. The average molecular weight is 293 g/mol. The summed E-state index contributed by atoms with van der Waals surface area (Å²) in [5.74, 6) is -0.526. The van der Waals surface area contributed by atoms with Crippen LogP contribution < -0.4 is 4.74 Å². The molecule has 104 valence electrons. The summed E-state index contributed by atoms with van der Waals surface area (Å²) in [6, 6.07) is 11.1. The second-order valence-electron chi connectivity index (χ2n) is 4.18. The van der Waals surface area contributed by atoms with Crippen molar-refractivity contribution in [3.8, 4) is 5.75 Å². The van der Waals surface area contributed by atoms with E-state index < -0.39 is 12.1 Å². The van der Waals surface area contributed by atoms with Crippen LogP contribution in [0, 0.1) is 0 Å². The third-order valence-corrected chi connectivity index (χ3v) is 3.32. The van der Waals surface area contributed by atoms with E-state index >= 15 is 0 Å². The average Bonchev–Trinajstić information content (AvgIpc) is 2.46. The first kappa shape index (κ1) is 14.4. The van der Waals surface area contributed by atoms with Crippen LogP contribution >= 0.6 is 11.6 Å². The molecule has 0 aliphatic rings. The van der Waals surface area contributed by atoms with E-state index in [-0.39, 0.29) is 5.56 Å². The van der Waals surface area contributed by atoms with Crippen LogP contribution in [0.2, 0.25) is 5.02 Å². The van der Waals surface area contributed by atoms with Gasteiger partial charge in [0.1, 0.15) is 11.9 Å². The molecule has 0 saturated heterocycles. The van der Waals surface area contributed by atoms with Crippen LogP contribution in [0.15, 0.2) is 42.5 Å². The van der Waals surface area contributed by atoms with E-state index in [0.29, 0.717) is 21.9 Å². The molecule has 0 bridgehead atoms. The molecule has 4 nitrogen and oxygen atoms in total. The van der Waals surface area contributed by atoms with E-state index in [1.807, 2.05) is 0 Å². The number of carboxylic acid groups (broad SMARTS) is 1. The molecule has 2 aromatic rings. The number of carboxylic acids is 1. The highest BCUT2D eigenvalue weighted by Crippen LogP contribution is 2.32. The topological polar surface area (TPSA) is 66.8 Å².